The Morgan fingerprint density at radius 2 is 1.92 bits per heavy atom. The zero-order chi connectivity index (χ0) is 18.7. The van der Waals surface area contributed by atoms with E-state index in [1.165, 1.54) is 13.1 Å². The number of nitrogens with one attached hydrogen (secondary N) is 2. The molecule has 0 atom stereocenters. The van der Waals surface area contributed by atoms with Gasteiger partial charge in [-0.05, 0) is 30.3 Å². The van der Waals surface area contributed by atoms with Crippen LogP contribution in [0.25, 0.3) is 0 Å². The van der Waals surface area contributed by atoms with Crippen molar-refractivity contribution >= 4 is 27.5 Å². The summed E-state index contributed by atoms with van der Waals surface area (Å²) >= 11 is 6.09. The summed E-state index contributed by atoms with van der Waals surface area (Å²) in [6.07, 6.45) is 0. The third-order valence-electron chi connectivity index (χ3n) is 3.90. The van der Waals surface area contributed by atoms with Crippen molar-refractivity contribution in [3.05, 3.63) is 58.1 Å². The summed E-state index contributed by atoms with van der Waals surface area (Å²) in [5.41, 5.74) is 1.66. The van der Waals surface area contributed by atoms with Crippen molar-refractivity contribution in [2.45, 2.75) is 12.3 Å². The molecule has 1 aliphatic heterocycles. The Balaban J connectivity index is 1.74. The lowest BCUT2D eigenvalue weighted by Gasteiger charge is -2.11. The highest BCUT2D eigenvalue weighted by Gasteiger charge is 2.21. The fourth-order valence-electron chi connectivity index (χ4n) is 2.52. The van der Waals surface area contributed by atoms with Crippen LogP contribution in [0.5, 0.6) is 11.5 Å². The Labute approximate surface area is 156 Å². The molecule has 0 aromatic heterocycles. The van der Waals surface area contributed by atoms with Crippen molar-refractivity contribution in [1.29, 1.82) is 0 Å². The van der Waals surface area contributed by atoms with Gasteiger partial charge in [0.15, 0.2) is 11.5 Å². The van der Waals surface area contributed by atoms with Crippen molar-refractivity contribution in [2.75, 3.05) is 13.8 Å². The van der Waals surface area contributed by atoms with Gasteiger partial charge in [-0.1, -0.05) is 35.9 Å². The first kappa shape index (κ1) is 18.5. The highest BCUT2D eigenvalue weighted by Crippen LogP contribution is 2.39. The Morgan fingerprint density at radius 1 is 1.19 bits per heavy atom. The third kappa shape index (κ3) is 4.09. The number of hydrogen-bond acceptors (Lipinski definition) is 5. The maximum atomic E-state index is 12.4. The smallest absolute Gasteiger partial charge is 0.251 e. The average Bonchev–Trinajstić information content (AvgIpc) is 3.09. The van der Waals surface area contributed by atoms with E-state index in [0.29, 0.717) is 33.2 Å². The largest absolute Gasteiger partial charge is 0.454 e. The maximum Gasteiger partial charge on any atom is 0.251 e. The number of amides is 1. The van der Waals surface area contributed by atoms with E-state index in [1.54, 1.807) is 30.3 Å². The molecule has 138 valence electrons. The van der Waals surface area contributed by atoms with Gasteiger partial charge in [0.25, 0.3) is 5.91 Å². The van der Waals surface area contributed by atoms with Crippen LogP contribution >= 0.6 is 11.6 Å². The Bertz CT molecular complexity index is 946. The number of ether oxygens (including phenoxy) is 2. The number of rotatable bonds is 6. The number of fused-ring (bicyclic) bond motifs is 1. The van der Waals surface area contributed by atoms with Crippen LogP contribution in [0, 0.1) is 0 Å². The van der Waals surface area contributed by atoms with E-state index in [-0.39, 0.29) is 25.0 Å². The number of benzene rings is 2. The monoisotopic (exact) mass is 396 g/mol. The van der Waals surface area contributed by atoms with Crippen LogP contribution in [0.3, 0.4) is 0 Å². The molecule has 1 amide bonds. The molecule has 0 bridgehead atoms. The molecule has 2 aromatic carbocycles. The molecule has 0 fully saturated rings. The van der Waals surface area contributed by atoms with Crippen LogP contribution in [0.1, 0.15) is 21.5 Å². The number of halogens is 1. The second-order valence-corrected chi connectivity index (χ2v) is 7.94. The molecule has 2 N–H and O–H groups in total. The van der Waals surface area contributed by atoms with Gasteiger partial charge in [0, 0.05) is 12.1 Å². The predicted octanol–water partition coefficient (Wildman–Crippen LogP) is 2.05. The SMILES string of the molecule is CNS(=O)(=O)Cc1ccccc1CNC(=O)c1cc(Cl)c2c(c1)OCO2. The molecule has 7 nitrogen and oxygen atoms in total. The first-order valence-corrected chi connectivity index (χ1v) is 9.78. The van der Waals surface area contributed by atoms with Crippen molar-refractivity contribution in [3.8, 4) is 11.5 Å². The molecule has 0 unspecified atom stereocenters. The molecule has 2 aromatic rings. The van der Waals surface area contributed by atoms with Crippen molar-refractivity contribution < 1.29 is 22.7 Å². The summed E-state index contributed by atoms with van der Waals surface area (Å²) in [5, 5.41) is 3.07. The Morgan fingerprint density at radius 3 is 2.65 bits per heavy atom. The summed E-state index contributed by atoms with van der Waals surface area (Å²) in [6, 6.07) is 10.1. The lowest BCUT2D eigenvalue weighted by Crippen LogP contribution is -2.25. The minimum atomic E-state index is -3.41. The van der Waals surface area contributed by atoms with Gasteiger partial charge < -0.3 is 14.8 Å². The van der Waals surface area contributed by atoms with Crippen LogP contribution < -0.4 is 19.5 Å². The molecule has 1 heterocycles. The average molecular weight is 397 g/mol. The summed E-state index contributed by atoms with van der Waals surface area (Å²) in [5.74, 6) is 0.330. The van der Waals surface area contributed by atoms with E-state index >= 15 is 0 Å². The van der Waals surface area contributed by atoms with Crippen molar-refractivity contribution in [2.24, 2.45) is 0 Å². The van der Waals surface area contributed by atoms with Gasteiger partial charge in [-0.25, -0.2) is 13.1 Å². The zero-order valence-corrected chi connectivity index (χ0v) is 15.5. The second-order valence-electron chi connectivity index (χ2n) is 5.61. The predicted molar refractivity (Wildman–Crippen MR) is 96.9 cm³/mol. The minimum Gasteiger partial charge on any atom is -0.454 e. The van der Waals surface area contributed by atoms with E-state index in [9.17, 15) is 13.2 Å². The summed E-state index contributed by atoms with van der Waals surface area (Å²) in [4.78, 5) is 12.4. The Hall–Kier alpha value is -2.29. The Kier molecular flexibility index (Phi) is 5.36. The first-order valence-electron chi connectivity index (χ1n) is 7.75. The number of carbonyl (C=O) groups is 1. The lowest BCUT2D eigenvalue weighted by molar-refractivity contribution is 0.0950. The van der Waals surface area contributed by atoms with Crippen LogP contribution in [0.2, 0.25) is 5.02 Å². The summed E-state index contributed by atoms with van der Waals surface area (Å²) in [6.45, 7) is 0.244. The van der Waals surface area contributed by atoms with Gasteiger partial charge in [0.2, 0.25) is 16.8 Å². The minimum absolute atomic E-state index is 0.0629. The van der Waals surface area contributed by atoms with Crippen LogP contribution in [-0.2, 0) is 22.3 Å². The van der Waals surface area contributed by atoms with E-state index in [4.69, 9.17) is 21.1 Å². The lowest BCUT2D eigenvalue weighted by atomic mass is 10.1. The third-order valence-corrected chi connectivity index (χ3v) is 5.50. The van der Waals surface area contributed by atoms with Gasteiger partial charge in [0.1, 0.15) is 0 Å². The zero-order valence-electron chi connectivity index (χ0n) is 13.9. The molecule has 0 aliphatic carbocycles. The highest BCUT2D eigenvalue weighted by atomic mass is 35.5. The van der Waals surface area contributed by atoms with Gasteiger partial charge in [-0.15, -0.1) is 0 Å². The molecule has 0 saturated carbocycles. The van der Waals surface area contributed by atoms with Crippen molar-refractivity contribution in [1.82, 2.24) is 10.0 Å². The topological polar surface area (TPSA) is 93.7 Å². The number of hydrogen-bond donors (Lipinski definition) is 2. The van der Waals surface area contributed by atoms with Crippen LogP contribution in [0.15, 0.2) is 36.4 Å². The van der Waals surface area contributed by atoms with E-state index in [2.05, 4.69) is 10.0 Å². The number of sulfonamides is 1. The van der Waals surface area contributed by atoms with Gasteiger partial charge >= 0.3 is 0 Å². The fraction of sp³-hybridized carbons (Fsp3) is 0.235. The molecule has 1 aliphatic rings. The molecule has 0 saturated heterocycles. The molecule has 9 heteroatoms. The fourth-order valence-corrected chi connectivity index (χ4v) is 3.62. The molecular weight excluding hydrogens is 380 g/mol. The van der Waals surface area contributed by atoms with Gasteiger partial charge in [-0.3, -0.25) is 4.79 Å². The maximum absolute atomic E-state index is 12.4. The standard InChI is InChI=1S/C17H17ClN2O5S/c1-19-26(22,23)9-12-5-3-2-4-11(12)8-20-17(21)13-6-14(18)16-15(7-13)24-10-25-16/h2-7,19H,8-10H2,1H3,(H,20,21). The van der Waals surface area contributed by atoms with E-state index in [0.717, 1.165) is 0 Å². The summed E-state index contributed by atoms with van der Waals surface area (Å²) in [7, 11) is -2.04. The molecule has 26 heavy (non-hydrogen) atoms. The van der Waals surface area contributed by atoms with Gasteiger partial charge in [-0.2, -0.15) is 0 Å². The van der Waals surface area contributed by atoms with Crippen molar-refractivity contribution in [3.63, 3.8) is 0 Å². The number of carbonyl (C=O) groups excluding carboxylic acids is 1. The molecule has 0 radical (unpaired) electrons. The first-order chi connectivity index (χ1) is 12.4. The molecule has 3 rings (SSSR count). The van der Waals surface area contributed by atoms with Crippen LogP contribution in [-0.4, -0.2) is 28.2 Å². The van der Waals surface area contributed by atoms with E-state index in [1.807, 2.05) is 0 Å². The van der Waals surface area contributed by atoms with E-state index < -0.39 is 10.0 Å². The summed E-state index contributed by atoms with van der Waals surface area (Å²) < 4.78 is 36.3. The molecular formula is C17H17ClN2O5S. The second kappa shape index (κ2) is 7.53. The highest BCUT2D eigenvalue weighted by molar-refractivity contribution is 7.88. The van der Waals surface area contributed by atoms with Crippen LogP contribution in [0.4, 0.5) is 0 Å². The normalized spacial score (nSPS) is 12.8. The van der Waals surface area contributed by atoms with Gasteiger partial charge in [0.05, 0.1) is 10.8 Å². The molecule has 0 spiro atoms. The quantitative estimate of drug-likeness (QED) is 0.779.